The zero-order valence-corrected chi connectivity index (χ0v) is 13.9. The standard InChI is InChI=1S/C17H22N2O3S/c20-16(18-13-5-2-6-15-12(13)7-8-22-15)14-9-23-10-19(14)17(21)11-3-1-4-11/h7-8,11,13-14H,1-6,9-10H2,(H,18,20)/t13-,14-/m1/s1. The van der Waals surface area contributed by atoms with Crippen LogP contribution in [0.4, 0.5) is 0 Å². The number of nitrogens with one attached hydrogen (secondary N) is 1. The average Bonchev–Trinajstić information content (AvgIpc) is 3.15. The number of aryl methyl sites for hydroxylation is 1. The highest BCUT2D eigenvalue weighted by molar-refractivity contribution is 7.99. The second kappa shape index (κ2) is 6.23. The summed E-state index contributed by atoms with van der Waals surface area (Å²) < 4.78 is 5.49. The van der Waals surface area contributed by atoms with Gasteiger partial charge in [0.05, 0.1) is 18.2 Å². The average molecular weight is 334 g/mol. The van der Waals surface area contributed by atoms with E-state index in [2.05, 4.69) is 5.32 Å². The number of carbonyl (C=O) groups excluding carboxylic acids is 2. The van der Waals surface area contributed by atoms with E-state index in [0.717, 1.165) is 49.8 Å². The predicted molar refractivity (Wildman–Crippen MR) is 87.8 cm³/mol. The molecule has 0 unspecified atom stereocenters. The highest BCUT2D eigenvalue weighted by atomic mass is 32.2. The van der Waals surface area contributed by atoms with Crippen molar-refractivity contribution in [2.24, 2.45) is 5.92 Å². The fraction of sp³-hybridized carbons (Fsp3) is 0.647. The van der Waals surface area contributed by atoms with Crippen molar-refractivity contribution in [1.29, 1.82) is 0 Å². The molecule has 1 aromatic heterocycles. The lowest BCUT2D eigenvalue weighted by Gasteiger charge is -2.32. The monoisotopic (exact) mass is 334 g/mol. The molecule has 1 saturated carbocycles. The molecule has 0 radical (unpaired) electrons. The molecular formula is C17H22N2O3S. The zero-order chi connectivity index (χ0) is 15.8. The first-order valence-corrected chi connectivity index (χ1v) is 9.64. The van der Waals surface area contributed by atoms with Crippen LogP contribution in [0.5, 0.6) is 0 Å². The van der Waals surface area contributed by atoms with Gasteiger partial charge < -0.3 is 14.6 Å². The van der Waals surface area contributed by atoms with Crippen LogP contribution in [0.15, 0.2) is 16.7 Å². The zero-order valence-electron chi connectivity index (χ0n) is 13.1. The number of fused-ring (bicyclic) bond motifs is 1. The molecule has 2 atom stereocenters. The van der Waals surface area contributed by atoms with Crippen LogP contribution < -0.4 is 5.32 Å². The molecule has 1 saturated heterocycles. The summed E-state index contributed by atoms with van der Waals surface area (Å²) in [6.07, 6.45) is 7.71. The second-order valence-corrected chi connectivity index (χ2v) is 7.70. The maximum Gasteiger partial charge on any atom is 0.244 e. The van der Waals surface area contributed by atoms with Crippen LogP contribution in [0, 0.1) is 5.92 Å². The van der Waals surface area contributed by atoms with E-state index in [0.29, 0.717) is 11.6 Å². The molecule has 0 spiro atoms. The van der Waals surface area contributed by atoms with Crippen LogP contribution in [0.1, 0.15) is 49.5 Å². The van der Waals surface area contributed by atoms with E-state index in [1.165, 1.54) is 0 Å². The van der Waals surface area contributed by atoms with Crippen LogP contribution in [0.3, 0.4) is 0 Å². The number of carbonyl (C=O) groups is 2. The van der Waals surface area contributed by atoms with Crippen LogP contribution >= 0.6 is 11.8 Å². The normalized spacial score (nSPS) is 27.4. The molecule has 6 heteroatoms. The SMILES string of the molecule is O=C(N[C@@H]1CCCc2occc21)[C@H]1CSCN1C(=O)C1CCC1. The first-order valence-electron chi connectivity index (χ1n) is 8.49. The summed E-state index contributed by atoms with van der Waals surface area (Å²) in [5.41, 5.74) is 1.10. The van der Waals surface area contributed by atoms with Crippen molar-refractivity contribution < 1.29 is 14.0 Å². The van der Waals surface area contributed by atoms with Crippen molar-refractivity contribution >= 4 is 23.6 Å². The molecule has 2 heterocycles. The fourth-order valence-corrected chi connectivity index (χ4v) is 4.83. The molecule has 2 amide bonds. The van der Waals surface area contributed by atoms with E-state index >= 15 is 0 Å². The number of thioether (sulfide) groups is 1. The Morgan fingerprint density at radius 1 is 1.26 bits per heavy atom. The second-order valence-electron chi connectivity index (χ2n) is 6.70. The molecule has 0 bridgehead atoms. The third-order valence-corrected chi connectivity index (χ3v) is 6.30. The summed E-state index contributed by atoms with van der Waals surface area (Å²) in [6, 6.07) is 1.67. The Morgan fingerprint density at radius 3 is 2.91 bits per heavy atom. The number of amides is 2. The summed E-state index contributed by atoms with van der Waals surface area (Å²) in [5.74, 6) is 2.66. The number of rotatable bonds is 3. The summed E-state index contributed by atoms with van der Waals surface area (Å²) in [7, 11) is 0. The van der Waals surface area contributed by atoms with Gasteiger partial charge >= 0.3 is 0 Å². The maximum absolute atomic E-state index is 12.7. The molecule has 3 aliphatic rings. The van der Waals surface area contributed by atoms with E-state index < -0.39 is 0 Å². The topological polar surface area (TPSA) is 62.6 Å². The summed E-state index contributed by atoms with van der Waals surface area (Å²) in [4.78, 5) is 27.0. The van der Waals surface area contributed by atoms with Crippen molar-refractivity contribution in [3.8, 4) is 0 Å². The Hall–Kier alpha value is -1.43. The van der Waals surface area contributed by atoms with Gasteiger partial charge in [-0.1, -0.05) is 6.42 Å². The Kier molecular flexibility index (Phi) is 4.09. The molecule has 5 nitrogen and oxygen atoms in total. The third kappa shape index (κ3) is 2.77. The summed E-state index contributed by atoms with van der Waals surface area (Å²) in [6.45, 7) is 0. The maximum atomic E-state index is 12.7. The molecular weight excluding hydrogens is 312 g/mol. The molecule has 2 aliphatic carbocycles. The van der Waals surface area contributed by atoms with Crippen LogP contribution in [-0.4, -0.2) is 34.4 Å². The van der Waals surface area contributed by atoms with Crippen LogP contribution in [-0.2, 0) is 16.0 Å². The number of hydrogen-bond acceptors (Lipinski definition) is 4. The third-order valence-electron chi connectivity index (χ3n) is 5.29. The van der Waals surface area contributed by atoms with Gasteiger partial charge in [0, 0.05) is 23.7 Å². The van der Waals surface area contributed by atoms with Crippen molar-refractivity contribution in [3.05, 3.63) is 23.7 Å². The molecule has 1 aromatic rings. The lowest BCUT2D eigenvalue weighted by molar-refractivity contribution is -0.143. The van der Waals surface area contributed by atoms with E-state index in [9.17, 15) is 9.59 Å². The quantitative estimate of drug-likeness (QED) is 0.922. The van der Waals surface area contributed by atoms with Crippen LogP contribution in [0.2, 0.25) is 0 Å². The van der Waals surface area contributed by atoms with Gasteiger partial charge in [-0.3, -0.25) is 9.59 Å². The van der Waals surface area contributed by atoms with E-state index in [1.807, 2.05) is 6.07 Å². The van der Waals surface area contributed by atoms with Crippen molar-refractivity contribution in [1.82, 2.24) is 10.2 Å². The summed E-state index contributed by atoms with van der Waals surface area (Å²) >= 11 is 1.67. The molecule has 4 rings (SSSR count). The highest BCUT2D eigenvalue weighted by Gasteiger charge is 2.40. The first kappa shape index (κ1) is 15.1. The van der Waals surface area contributed by atoms with Gasteiger partial charge in [0.1, 0.15) is 11.8 Å². The number of furan rings is 1. The minimum absolute atomic E-state index is 0.0123. The predicted octanol–water partition coefficient (Wildman–Crippen LogP) is 2.47. The molecule has 23 heavy (non-hydrogen) atoms. The van der Waals surface area contributed by atoms with E-state index in [1.54, 1.807) is 22.9 Å². The lowest BCUT2D eigenvalue weighted by atomic mass is 9.84. The Morgan fingerprint density at radius 2 is 2.13 bits per heavy atom. The molecule has 0 aromatic carbocycles. The van der Waals surface area contributed by atoms with Crippen LogP contribution in [0.25, 0.3) is 0 Å². The smallest absolute Gasteiger partial charge is 0.244 e. The largest absolute Gasteiger partial charge is 0.469 e. The Bertz CT molecular complexity index is 611. The van der Waals surface area contributed by atoms with Gasteiger partial charge in [0.25, 0.3) is 0 Å². The molecule has 1 aliphatic heterocycles. The van der Waals surface area contributed by atoms with Gasteiger partial charge in [0.2, 0.25) is 11.8 Å². The lowest BCUT2D eigenvalue weighted by Crippen LogP contribution is -2.50. The number of hydrogen-bond donors (Lipinski definition) is 1. The molecule has 1 N–H and O–H groups in total. The first-order chi connectivity index (χ1) is 11.2. The Balaban J connectivity index is 1.43. The Labute approximate surface area is 140 Å². The van der Waals surface area contributed by atoms with E-state index in [-0.39, 0.29) is 29.8 Å². The van der Waals surface area contributed by atoms with E-state index in [4.69, 9.17) is 4.42 Å². The van der Waals surface area contributed by atoms with Gasteiger partial charge in [-0.2, -0.15) is 0 Å². The van der Waals surface area contributed by atoms with Gasteiger partial charge in [-0.25, -0.2) is 0 Å². The van der Waals surface area contributed by atoms with Crippen molar-refractivity contribution in [2.45, 2.75) is 50.6 Å². The summed E-state index contributed by atoms with van der Waals surface area (Å²) in [5, 5.41) is 3.16. The number of nitrogens with zero attached hydrogens (tertiary/aromatic N) is 1. The minimum atomic E-state index is -0.314. The van der Waals surface area contributed by atoms with Gasteiger partial charge in [0.15, 0.2) is 0 Å². The van der Waals surface area contributed by atoms with Crippen molar-refractivity contribution in [2.75, 3.05) is 11.6 Å². The van der Waals surface area contributed by atoms with Gasteiger partial charge in [-0.05, 0) is 31.7 Å². The fourth-order valence-electron chi connectivity index (χ4n) is 3.67. The van der Waals surface area contributed by atoms with Gasteiger partial charge in [-0.15, -0.1) is 11.8 Å². The molecule has 2 fully saturated rings. The minimum Gasteiger partial charge on any atom is -0.469 e. The highest BCUT2D eigenvalue weighted by Crippen LogP contribution is 2.34. The van der Waals surface area contributed by atoms with Crippen molar-refractivity contribution in [3.63, 3.8) is 0 Å². The molecule has 124 valence electrons.